The molecule has 0 amide bonds. The molecule has 0 aliphatic carbocycles. The maximum atomic E-state index is 12.2. The molecule has 0 aromatic heterocycles. The molecule has 118 valence electrons. The van der Waals surface area contributed by atoms with Crippen molar-refractivity contribution in [2.24, 2.45) is 0 Å². The molecule has 1 saturated heterocycles. The van der Waals surface area contributed by atoms with Gasteiger partial charge in [0.05, 0.1) is 4.90 Å². The lowest BCUT2D eigenvalue weighted by Crippen LogP contribution is -2.46. The van der Waals surface area contributed by atoms with E-state index >= 15 is 0 Å². The fourth-order valence-electron chi connectivity index (χ4n) is 2.42. The highest BCUT2D eigenvalue weighted by Crippen LogP contribution is 2.15. The van der Waals surface area contributed by atoms with E-state index in [2.05, 4.69) is 21.6 Å². The Kier molecular flexibility index (Phi) is 5.21. The van der Waals surface area contributed by atoms with Crippen molar-refractivity contribution in [3.8, 4) is 0 Å². The van der Waals surface area contributed by atoms with E-state index in [9.17, 15) is 8.42 Å². The molecule has 1 fully saturated rings. The predicted molar refractivity (Wildman–Crippen MR) is 84.7 cm³/mol. The van der Waals surface area contributed by atoms with Crippen molar-refractivity contribution in [3.05, 3.63) is 23.8 Å². The van der Waals surface area contributed by atoms with Gasteiger partial charge in [-0.05, 0) is 37.7 Å². The first-order valence-electron chi connectivity index (χ1n) is 7.14. The maximum absolute atomic E-state index is 12.2. The second-order valence-corrected chi connectivity index (χ2v) is 7.39. The number of nitrogens with one attached hydrogen (secondary N) is 1. The number of hydrogen-bond acceptors (Lipinski definition) is 5. The van der Waals surface area contributed by atoms with Gasteiger partial charge in [0.15, 0.2) is 0 Å². The molecule has 1 aliphatic rings. The van der Waals surface area contributed by atoms with Crippen LogP contribution in [0.2, 0.25) is 0 Å². The number of piperazine rings is 1. The van der Waals surface area contributed by atoms with Crippen LogP contribution in [0.4, 0.5) is 5.69 Å². The Morgan fingerprint density at radius 3 is 2.48 bits per heavy atom. The van der Waals surface area contributed by atoms with Crippen LogP contribution in [0.15, 0.2) is 23.1 Å². The van der Waals surface area contributed by atoms with Gasteiger partial charge < -0.3 is 10.6 Å². The zero-order valence-electron chi connectivity index (χ0n) is 12.7. The first-order chi connectivity index (χ1) is 9.87. The van der Waals surface area contributed by atoms with Crippen molar-refractivity contribution in [1.82, 2.24) is 14.5 Å². The summed E-state index contributed by atoms with van der Waals surface area (Å²) in [6.45, 7) is 7.00. The third-order valence-corrected chi connectivity index (χ3v) is 5.14. The highest BCUT2D eigenvalue weighted by molar-refractivity contribution is 7.89. The number of aryl methyl sites for hydroxylation is 1. The molecule has 0 radical (unpaired) electrons. The van der Waals surface area contributed by atoms with Crippen LogP contribution in [0, 0.1) is 6.92 Å². The van der Waals surface area contributed by atoms with Gasteiger partial charge in [-0.2, -0.15) is 0 Å². The number of nitrogen functional groups attached to an aromatic ring is 1. The summed E-state index contributed by atoms with van der Waals surface area (Å²) in [6.07, 6.45) is 0. The summed E-state index contributed by atoms with van der Waals surface area (Å²) < 4.78 is 27.1. The minimum Gasteiger partial charge on any atom is -0.399 e. The van der Waals surface area contributed by atoms with Gasteiger partial charge in [-0.1, -0.05) is 0 Å². The summed E-state index contributed by atoms with van der Waals surface area (Å²) >= 11 is 0. The second kappa shape index (κ2) is 6.74. The average molecular weight is 312 g/mol. The summed E-state index contributed by atoms with van der Waals surface area (Å²) in [6, 6.07) is 4.88. The fourth-order valence-corrected chi connectivity index (χ4v) is 3.58. The Morgan fingerprint density at radius 2 is 1.86 bits per heavy atom. The molecule has 2 rings (SSSR count). The van der Waals surface area contributed by atoms with E-state index in [0.29, 0.717) is 12.2 Å². The molecule has 1 aromatic rings. The normalized spacial score (nSPS) is 18.0. The number of sulfonamides is 1. The smallest absolute Gasteiger partial charge is 0.240 e. The number of nitrogens with two attached hydrogens (primary N) is 1. The first-order valence-corrected chi connectivity index (χ1v) is 8.63. The lowest BCUT2D eigenvalue weighted by Gasteiger charge is -2.32. The molecule has 0 spiro atoms. The third kappa shape index (κ3) is 4.67. The first kappa shape index (κ1) is 16.2. The standard InChI is InChI=1S/C14H24N4O2S/c1-12-9-13(15)11-14(10-12)21(19,20)16-3-4-18-7-5-17(2)6-8-18/h9-11,16H,3-8,15H2,1-2H3. The summed E-state index contributed by atoms with van der Waals surface area (Å²) in [7, 11) is -1.38. The van der Waals surface area contributed by atoms with Gasteiger partial charge in [-0.25, -0.2) is 13.1 Å². The van der Waals surface area contributed by atoms with Crippen LogP contribution in [-0.4, -0.2) is 64.5 Å². The van der Waals surface area contributed by atoms with E-state index in [1.165, 1.54) is 6.07 Å². The van der Waals surface area contributed by atoms with Crippen LogP contribution in [0.1, 0.15) is 5.56 Å². The molecule has 1 aliphatic heterocycles. The average Bonchev–Trinajstić information content (AvgIpc) is 2.40. The van der Waals surface area contributed by atoms with Crippen LogP contribution >= 0.6 is 0 Å². The van der Waals surface area contributed by atoms with Crippen LogP contribution in [0.5, 0.6) is 0 Å². The van der Waals surface area contributed by atoms with E-state index in [4.69, 9.17) is 5.73 Å². The minimum absolute atomic E-state index is 0.235. The molecule has 1 heterocycles. The maximum Gasteiger partial charge on any atom is 0.240 e. The summed E-state index contributed by atoms with van der Waals surface area (Å²) in [4.78, 5) is 4.78. The van der Waals surface area contributed by atoms with Crippen molar-refractivity contribution >= 4 is 15.7 Å². The Balaban J connectivity index is 1.89. The molecule has 0 unspecified atom stereocenters. The van der Waals surface area contributed by atoms with Gasteiger partial charge in [-0.15, -0.1) is 0 Å². The molecule has 6 nitrogen and oxygen atoms in total. The molecule has 0 bridgehead atoms. The molecule has 7 heteroatoms. The van der Waals surface area contributed by atoms with Gasteiger partial charge in [0.1, 0.15) is 0 Å². The van der Waals surface area contributed by atoms with Crippen LogP contribution in [0.25, 0.3) is 0 Å². The fraction of sp³-hybridized carbons (Fsp3) is 0.571. The van der Waals surface area contributed by atoms with Crippen molar-refractivity contribution in [1.29, 1.82) is 0 Å². The molecular formula is C14H24N4O2S. The van der Waals surface area contributed by atoms with Gasteiger partial charge in [0, 0.05) is 45.0 Å². The van der Waals surface area contributed by atoms with E-state index in [1.807, 2.05) is 6.92 Å². The number of benzene rings is 1. The predicted octanol–water partition coefficient (Wildman–Crippen LogP) is 0.103. The minimum atomic E-state index is -3.48. The van der Waals surface area contributed by atoms with E-state index in [1.54, 1.807) is 12.1 Å². The van der Waals surface area contributed by atoms with E-state index in [0.717, 1.165) is 38.3 Å². The van der Waals surface area contributed by atoms with E-state index in [-0.39, 0.29) is 4.90 Å². The zero-order chi connectivity index (χ0) is 15.5. The monoisotopic (exact) mass is 312 g/mol. The van der Waals surface area contributed by atoms with Crippen molar-refractivity contribution in [2.45, 2.75) is 11.8 Å². The molecule has 21 heavy (non-hydrogen) atoms. The van der Waals surface area contributed by atoms with Gasteiger partial charge >= 0.3 is 0 Å². The third-order valence-electron chi connectivity index (χ3n) is 3.70. The van der Waals surface area contributed by atoms with Crippen molar-refractivity contribution in [2.75, 3.05) is 52.0 Å². The van der Waals surface area contributed by atoms with Crippen molar-refractivity contribution < 1.29 is 8.42 Å². The molecule has 1 aromatic carbocycles. The van der Waals surface area contributed by atoms with Crippen molar-refractivity contribution in [3.63, 3.8) is 0 Å². The Hall–Kier alpha value is -1.15. The SMILES string of the molecule is Cc1cc(N)cc(S(=O)(=O)NCCN2CCN(C)CC2)c1. The number of hydrogen-bond donors (Lipinski definition) is 2. The Morgan fingerprint density at radius 1 is 1.19 bits per heavy atom. The number of likely N-dealkylation sites (N-methyl/N-ethyl adjacent to an activating group) is 1. The highest BCUT2D eigenvalue weighted by Gasteiger charge is 2.17. The van der Waals surface area contributed by atoms with Gasteiger partial charge in [0.25, 0.3) is 0 Å². The summed E-state index contributed by atoms with van der Waals surface area (Å²) in [5, 5.41) is 0. The van der Waals surface area contributed by atoms with Crippen LogP contribution in [-0.2, 0) is 10.0 Å². The van der Waals surface area contributed by atoms with Crippen LogP contribution in [0.3, 0.4) is 0 Å². The molecule has 0 atom stereocenters. The molecular weight excluding hydrogens is 288 g/mol. The number of rotatable bonds is 5. The zero-order valence-corrected chi connectivity index (χ0v) is 13.5. The van der Waals surface area contributed by atoms with E-state index < -0.39 is 10.0 Å². The van der Waals surface area contributed by atoms with Gasteiger partial charge in [-0.3, -0.25) is 4.90 Å². The molecule has 0 saturated carbocycles. The summed E-state index contributed by atoms with van der Waals surface area (Å²) in [5.74, 6) is 0. The van der Waals surface area contributed by atoms with Crippen LogP contribution < -0.4 is 10.5 Å². The quantitative estimate of drug-likeness (QED) is 0.754. The Bertz CT molecular complexity index is 560. The lowest BCUT2D eigenvalue weighted by atomic mass is 10.2. The highest BCUT2D eigenvalue weighted by atomic mass is 32.2. The lowest BCUT2D eigenvalue weighted by molar-refractivity contribution is 0.156. The molecule has 3 N–H and O–H groups in total. The topological polar surface area (TPSA) is 78.7 Å². The largest absolute Gasteiger partial charge is 0.399 e. The second-order valence-electron chi connectivity index (χ2n) is 5.62. The van der Waals surface area contributed by atoms with Gasteiger partial charge in [0.2, 0.25) is 10.0 Å². The number of anilines is 1. The Labute approximate surface area is 127 Å². The number of nitrogens with zero attached hydrogens (tertiary/aromatic N) is 2. The summed E-state index contributed by atoms with van der Waals surface area (Å²) in [5.41, 5.74) is 7.02.